The SMILES string of the molecule is CCOC(=O)[C@H]1S[C@@H](O[Si](C)(C)C(C)(C)C)C(O[Si](C)(C)C(C)(C)C)=C[C@H]1C(=O)OC. The number of rotatable bonds is 7. The van der Waals surface area contributed by atoms with Gasteiger partial charge in [0.15, 0.2) is 8.32 Å². The molecule has 0 aliphatic carbocycles. The van der Waals surface area contributed by atoms with Crippen LogP contribution in [0.1, 0.15) is 48.5 Å². The van der Waals surface area contributed by atoms with Crippen LogP contribution in [0.5, 0.6) is 0 Å². The third kappa shape index (κ3) is 6.85. The zero-order valence-corrected chi connectivity index (χ0v) is 24.2. The van der Waals surface area contributed by atoms with Crippen LogP contribution in [0.4, 0.5) is 0 Å². The lowest BCUT2D eigenvalue weighted by Crippen LogP contribution is -2.49. The first kappa shape index (κ1) is 28.3. The number of esters is 2. The summed E-state index contributed by atoms with van der Waals surface area (Å²) in [5, 5.41) is -0.790. The molecule has 0 saturated heterocycles. The standard InChI is InChI=1S/C22H42O6SSi2/c1-13-26-19(24)17-15(18(23)25-8)14-16(27-30(9,10)21(2,3)4)20(29-17)28-31(11,12)22(5,6)7/h14-15,17,20H,13H2,1-12H3/t15-,17+,20-/m1/s1. The van der Waals surface area contributed by atoms with E-state index >= 15 is 0 Å². The van der Waals surface area contributed by atoms with Crippen LogP contribution in [0.3, 0.4) is 0 Å². The summed E-state index contributed by atoms with van der Waals surface area (Å²) in [6, 6.07) is 0. The van der Waals surface area contributed by atoms with Gasteiger partial charge in [-0.15, -0.1) is 11.8 Å². The average molecular weight is 491 g/mol. The predicted octanol–water partition coefficient (Wildman–Crippen LogP) is 5.71. The van der Waals surface area contributed by atoms with Gasteiger partial charge in [0.2, 0.25) is 8.32 Å². The Morgan fingerprint density at radius 2 is 1.48 bits per heavy atom. The molecule has 0 spiro atoms. The molecule has 0 amide bonds. The smallest absolute Gasteiger partial charge is 0.320 e. The van der Waals surface area contributed by atoms with Gasteiger partial charge in [0.25, 0.3) is 0 Å². The molecule has 1 aliphatic rings. The summed E-state index contributed by atoms with van der Waals surface area (Å²) in [7, 11) is -3.07. The average Bonchev–Trinajstić information content (AvgIpc) is 2.59. The molecular formula is C22H42O6SSi2. The van der Waals surface area contributed by atoms with E-state index in [1.54, 1.807) is 13.0 Å². The third-order valence-electron chi connectivity index (χ3n) is 6.55. The lowest BCUT2D eigenvalue weighted by Gasteiger charge is -2.45. The summed E-state index contributed by atoms with van der Waals surface area (Å²) in [6.45, 7) is 23.7. The van der Waals surface area contributed by atoms with E-state index in [4.69, 9.17) is 18.3 Å². The molecule has 0 unspecified atom stereocenters. The molecule has 0 saturated carbocycles. The molecule has 0 fully saturated rings. The second-order valence-corrected chi connectivity index (χ2v) is 21.7. The van der Waals surface area contributed by atoms with Crippen molar-refractivity contribution in [2.24, 2.45) is 5.92 Å². The van der Waals surface area contributed by atoms with E-state index < -0.39 is 45.2 Å². The number of hydrogen-bond donors (Lipinski definition) is 0. The Labute approximate surface area is 195 Å². The molecule has 0 N–H and O–H groups in total. The van der Waals surface area contributed by atoms with Crippen LogP contribution < -0.4 is 0 Å². The molecule has 1 rings (SSSR count). The summed E-state index contributed by atoms with van der Waals surface area (Å²) in [6.07, 6.45) is 1.74. The quantitative estimate of drug-likeness (QED) is 0.334. The molecule has 0 bridgehead atoms. The van der Waals surface area contributed by atoms with Gasteiger partial charge in [-0.05, 0) is 49.3 Å². The highest BCUT2D eigenvalue weighted by Crippen LogP contribution is 2.47. The molecule has 9 heteroatoms. The van der Waals surface area contributed by atoms with Crippen LogP contribution in [0.2, 0.25) is 36.3 Å². The van der Waals surface area contributed by atoms with Crippen molar-refractivity contribution < 1.29 is 27.9 Å². The van der Waals surface area contributed by atoms with Crippen LogP contribution in [-0.2, 0) is 27.9 Å². The number of thioether (sulfide) groups is 1. The van der Waals surface area contributed by atoms with E-state index in [9.17, 15) is 9.59 Å². The van der Waals surface area contributed by atoms with Crippen LogP contribution in [0.15, 0.2) is 11.8 Å². The molecule has 0 aromatic rings. The minimum Gasteiger partial charge on any atom is -0.544 e. The largest absolute Gasteiger partial charge is 0.544 e. The predicted molar refractivity (Wildman–Crippen MR) is 132 cm³/mol. The minimum atomic E-state index is -2.21. The Balaban J connectivity index is 3.50. The van der Waals surface area contributed by atoms with Crippen molar-refractivity contribution >= 4 is 40.3 Å². The van der Waals surface area contributed by atoms with Crippen molar-refractivity contribution in [1.82, 2.24) is 0 Å². The van der Waals surface area contributed by atoms with E-state index in [-0.39, 0.29) is 16.7 Å². The Bertz CT molecular complexity index is 691. The summed E-state index contributed by atoms with van der Waals surface area (Å²) >= 11 is 1.30. The monoisotopic (exact) mass is 490 g/mol. The molecule has 180 valence electrons. The van der Waals surface area contributed by atoms with Gasteiger partial charge in [0.1, 0.15) is 22.4 Å². The van der Waals surface area contributed by atoms with Crippen LogP contribution >= 0.6 is 11.8 Å². The number of carbonyl (C=O) groups excluding carboxylic acids is 2. The summed E-state index contributed by atoms with van der Waals surface area (Å²) in [4.78, 5) is 25.3. The molecular weight excluding hydrogens is 448 g/mol. The highest BCUT2D eigenvalue weighted by atomic mass is 32.2. The van der Waals surface area contributed by atoms with Crippen LogP contribution in [-0.4, -0.2) is 53.0 Å². The van der Waals surface area contributed by atoms with Gasteiger partial charge in [-0.1, -0.05) is 41.5 Å². The van der Waals surface area contributed by atoms with Crippen molar-refractivity contribution in [1.29, 1.82) is 0 Å². The van der Waals surface area contributed by atoms with Crippen molar-refractivity contribution in [3.63, 3.8) is 0 Å². The molecule has 0 aromatic carbocycles. The zero-order valence-electron chi connectivity index (χ0n) is 21.4. The minimum absolute atomic E-state index is 0.0196. The topological polar surface area (TPSA) is 71.1 Å². The van der Waals surface area contributed by atoms with E-state index in [0.29, 0.717) is 5.76 Å². The maximum absolute atomic E-state index is 12.7. The lowest BCUT2D eigenvalue weighted by molar-refractivity contribution is -0.151. The second-order valence-electron chi connectivity index (χ2n) is 11.0. The van der Waals surface area contributed by atoms with Gasteiger partial charge < -0.3 is 18.3 Å². The van der Waals surface area contributed by atoms with Crippen LogP contribution in [0.25, 0.3) is 0 Å². The van der Waals surface area contributed by atoms with E-state index in [1.807, 2.05) is 0 Å². The molecule has 1 aliphatic heterocycles. The van der Waals surface area contributed by atoms with Crippen LogP contribution in [0, 0.1) is 5.92 Å². The normalized spacial score (nSPS) is 23.1. The molecule has 6 nitrogen and oxygen atoms in total. The maximum atomic E-state index is 12.7. The first-order chi connectivity index (χ1) is 13.9. The van der Waals surface area contributed by atoms with Gasteiger partial charge in [-0.3, -0.25) is 9.59 Å². The fraction of sp³-hybridized carbons (Fsp3) is 0.818. The first-order valence-electron chi connectivity index (χ1n) is 10.9. The lowest BCUT2D eigenvalue weighted by atomic mass is 10.0. The summed E-state index contributed by atoms with van der Waals surface area (Å²) < 4.78 is 23.6. The van der Waals surface area contributed by atoms with Gasteiger partial charge >= 0.3 is 11.9 Å². The Kier molecular flexibility index (Phi) is 9.12. The Morgan fingerprint density at radius 1 is 0.968 bits per heavy atom. The highest BCUT2D eigenvalue weighted by Gasteiger charge is 2.49. The van der Waals surface area contributed by atoms with Gasteiger partial charge in [-0.2, -0.15) is 0 Å². The van der Waals surface area contributed by atoms with E-state index in [1.165, 1.54) is 18.9 Å². The number of ether oxygens (including phenoxy) is 2. The van der Waals surface area contributed by atoms with E-state index in [0.717, 1.165) is 0 Å². The maximum Gasteiger partial charge on any atom is 0.320 e. The van der Waals surface area contributed by atoms with Gasteiger partial charge in [0.05, 0.1) is 13.7 Å². The summed E-state index contributed by atoms with van der Waals surface area (Å²) in [5.41, 5.74) is -0.481. The molecule has 0 radical (unpaired) electrons. The Hall–Kier alpha value is -0.776. The van der Waals surface area contributed by atoms with Crippen molar-refractivity contribution in [3.05, 3.63) is 11.8 Å². The molecule has 3 atom stereocenters. The van der Waals surface area contributed by atoms with Gasteiger partial charge in [-0.25, -0.2) is 0 Å². The zero-order chi connectivity index (χ0) is 24.4. The van der Waals surface area contributed by atoms with Crippen molar-refractivity contribution in [3.8, 4) is 0 Å². The molecule has 0 aromatic heterocycles. The Morgan fingerprint density at radius 3 is 1.90 bits per heavy atom. The first-order valence-corrected chi connectivity index (χ1v) is 17.6. The van der Waals surface area contributed by atoms with Crippen molar-refractivity contribution in [2.45, 2.75) is 95.4 Å². The fourth-order valence-corrected chi connectivity index (χ4v) is 6.61. The fourth-order valence-electron chi connectivity index (χ4n) is 2.44. The van der Waals surface area contributed by atoms with Gasteiger partial charge in [0, 0.05) is 0 Å². The highest BCUT2D eigenvalue weighted by molar-refractivity contribution is 8.01. The number of methoxy groups -OCH3 is 1. The van der Waals surface area contributed by atoms with E-state index in [2.05, 4.69) is 67.7 Å². The number of carbonyl (C=O) groups is 2. The molecule has 31 heavy (non-hydrogen) atoms. The summed E-state index contributed by atoms with van der Waals surface area (Å²) in [5.74, 6) is -1.08. The molecule has 1 heterocycles. The van der Waals surface area contributed by atoms with Crippen molar-refractivity contribution in [2.75, 3.05) is 13.7 Å². The number of hydrogen-bond acceptors (Lipinski definition) is 7. The third-order valence-corrected chi connectivity index (χ3v) is 16.9. The second kappa shape index (κ2) is 10.0.